The smallest absolute Gasteiger partial charge is 0.229 e. The molecule has 1 fully saturated rings. The molecule has 2 N–H and O–H groups in total. The molecule has 3 heterocycles. The Morgan fingerprint density at radius 3 is 2.71 bits per heavy atom. The summed E-state index contributed by atoms with van der Waals surface area (Å²) in [7, 11) is 3.59. The maximum atomic E-state index is 6.01. The van der Waals surface area contributed by atoms with Crippen LogP contribution in [0.25, 0.3) is 11.0 Å². The van der Waals surface area contributed by atoms with Crippen LogP contribution in [0, 0.1) is 0 Å². The Morgan fingerprint density at radius 1 is 1.24 bits per heavy atom. The quantitative estimate of drug-likeness (QED) is 0.828. The van der Waals surface area contributed by atoms with E-state index in [9.17, 15) is 0 Å². The minimum Gasteiger partial charge on any atom is -0.383 e. The minimum atomic E-state index is 0.491. The van der Waals surface area contributed by atoms with E-state index in [1.807, 2.05) is 7.05 Å². The van der Waals surface area contributed by atoms with Gasteiger partial charge >= 0.3 is 0 Å². The first-order valence-electron chi connectivity index (χ1n) is 7.10. The summed E-state index contributed by atoms with van der Waals surface area (Å²) in [5.41, 5.74) is 6.79. The lowest BCUT2D eigenvalue weighted by molar-refractivity contribution is 0.144. The molecule has 0 aliphatic carbocycles. The van der Waals surface area contributed by atoms with Gasteiger partial charge in [-0.15, -0.1) is 0 Å². The van der Waals surface area contributed by atoms with E-state index in [1.165, 1.54) is 0 Å². The number of methoxy groups -OCH3 is 1. The van der Waals surface area contributed by atoms with E-state index in [1.54, 1.807) is 18.0 Å². The summed E-state index contributed by atoms with van der Waals surface area (Å²) in [5, 5.41) is 4.99. The van der Waals surface area contributed by atoms with Crippen molar-refractivity contribution in [2.24, 2.45) is 7.05 Å². The molecule has 1 saturated heterocycles. The van der Waals surface area contributed by atoms with Crippen LogP contribution < -0.4 is 10.6 Å². The van der Waals surface area contributed by atoms with E-state index in [0.717, 1.165) is 50.4 Å². The van der Waals surface area contributed by atoms with Crippen LogP contribution >= 0.6 is 0 Å². The van der Waals surface area contributed by atoms with E-state index in [2.05, 4.69) is 24.9 Å². The number of aromatic nitrogens is 4. The molecule has 3 rings (SSSR count). The van der Waals surface area contributed by atoms with Gasteiger partial charge in [0.25, 0.3) is 0 Å². The predicted octanol–water partition coefficient (Wildman–Crippen LogP) is -0.286. The van der Waals surface area contributed by atoms with Gasteiger partial charge in [0.1, 0.15) is 5.82 Å². The minimum absolute atomic E-state index is 0.491. The summed E-state index contributed by atoms with van der Waals surface area (Å²) in [6.07, 6.45) is 1.71. The van der Waals surface area contributed by atoms with Crippen molar-refractivity contribution in [3.8, 4) is 0 Å². The summed E-state index contributed by atoms with van der Waals surface area (Å²) >= 11 is 0. The third-order valence-corrected chi connectivity index (χ3v) is 3.88. The molecule has 21 heavy (non-hydrogen) atoms. The molecule has 0 amide bonds. The summed E-state index contributed by atoms with van der Waals surface area (Å²) < 4.78 is 6.85. The fourth-order valence-corrected chi connectivity index (χ4v) is 2.57. The van der Waals surface area contributed by atoms with Crippen molar-refractivity contribution in [1.29, 1.82) is 0 Å². The maximum absolute atomic E-state index is 6.01. The first-order chi connectivity index (χ1) is 10.2. The highest BCUT2D eigenvalue weighted by molar-refractivity contribution is 5.86. The van der Waals surface area contributed by atoms with E-state index < -0.39 is 0 Å². The molecule has 8 heteroatoms. The number of nitrogens with two attached hydrogens (primary N) is 1. The molecular formula is C13H21N7O. The molecule has 1 aliphatic rings. The summed E-state index contributed by atoms with van der Waals surface area (Å²) in [4.78, 5) is 13.6. The molecular weight excluding hydrogens is 270 g/mol. The topological polar surface area (TPSA) is 85.3 Å². The Morgan fingerprint density at radius 2 is 2.00 bits per heavy atom. The molecule has 0 bridgehead atoms. The summed E-state index contributed by atoms with van der Waals surface area (Å²) in [6, 6.07) is 0. The van der Waals surface area contributed by atoms with Crippen molar-refractivity contribution >= 4 is 22.8 Å². The summed E-state index contributed by atoms with van der Waals surface area (Å²) in [6.45, 7) is 5.49. The zero-order valence-electron chi connectivity index (χ0n) is 12.5. The highest BCUT2D eigenvalue weighted by atomic mass is 16.5. The monoisotopic (exact) mass is 291 g/mol. The molecule has 0 aromatic carbocycles. The maximum Gasteiger partial charge on any atom is 0.229 e. The van der Waals surface area contributed by atoms with E-state index >= 15 is 0 Å². The molecule has 1 aliphatic heterocycles. The van der Waals surface area contributed by atoms with Crippen LogP contribution in [0.1, 0.15) is 0 Å². The molecule has 0 radical (unpaired) electrons. The Balaban J connectivity index is 1.74. The number of hydrogen-bond donors (Lipinski definition) is 1. The third kappa shape index (κ3) is 2.77. The molecule has 114 valence electrons. The fourth-order valence-electron chi connectivity index (χ4n) is 2.57. The van der Waals surface area contributed by atoms with Gasteiger partial charge in [0.05, 0.1) is 18.2 Å². The lowest BCUT2D eigenvalue weighted by Crippen LogP contribution is -2.47. The zero-order valence-corrected chi connectivity index (χ0v) is 12.5. The van der Waals surface area contributed by atoms with Crippen molar-refractivity contribution in [2.45, 2.75) is 0 Å². The Labute approximate surface area is 123 Å². The van der Waals surface area contributed by atoms with Crippen LogP contribution in [-0.4, -0.2) is 71.1 Å². The number of nitrogen functional groups attached to an aromatic ring is 1. The molecule has 0 saturated carbocycles. The van der Waals surface area contributed by atoms with E-state index in [0.29, 0.717) is 11.8 Å². The normalized spacial score (nSPS) is 16.8. The Hall–Kier alpha value is -1.93. The standard InChI is InChI=1S/C13H21N7O/c1-18-12-10(9-15-18)11(14)16-13(17-12)20-5-3-19(4-6-20)7-8-21-2/h9H,3-8H2,1-2H3,(H2,14,16,17). The molecule has 0 atom stereocenters. The van der Waals surface area contributed by atoms with Gasteiger partial charge in [0.2, 0.25) is 5.95 Å². The number of hydrogen-bond acceptors (Lipinski definition) is 7. The summed E-state index contributed by atoms with van der Waals surface area (Å²) in [5.74, 6) is 1.18. The fraction of sp³-hybridized carbons (Fsp3) is 0.615. The number of anilines is 2. The van der Waals surface area contributed by atoms with Gasteiger partial charge in [-0.3, -0.25) is 9.58 Å². The Kier molecular flexibility index (Phi) is 3.89. The van der Waals surface area contributed by atoms with Gasteiger partial charge in [-0.25, -0.2) is 0 Å². The van der Waals surface area contributed by atoms with Crippen molar-refractivity contribution < 1.29 is 4.74 Å². The van der Waals surface area contributed by atoms with Crippen LogP contribution in [0.5, 0.6) is 0 Å². The molecule has 0 unspecified atom stereocenters. The SMILES string of the molecule is COCCN1CCN(c2nc(N)c3cnn(C)c3n2)CC1. The first kappa shape index (κ1) is 14.0. The van der Waals surface area contributed by atoms with Gasteiger partial charge in [-0.2, -0.15) is 15.1 Å². The van der Waals surface area contributed by atoms with Crippen molar-refractivity contribution in [2.75, 3.05) is 57.1 Å². The number of rotatable bonds is 4. The van der Waals surface area contributed by atoms with Gasteiger partial charge < -0.3 is 15.4 Å². The highest BCUT2D eigenvalue weighted by Gasteiger charge is 2.20. The predicted molar refractivity (Wildman–Crippen MR) is 81.2 cm³/mol. The highest BCUT2D eigenvalue weighted by Crippen LogP contribution is 2.21. The van der Waals surface area contributed by atoms with Crippen molar-refractivity contribution in [1.82, 2.24) is 24.6 Å². The number of piperazine rings is 1. The molecule has 8 nitrogen and oxygen atoms in total. The third-order valence-electron chi connectivity index (χ3n) is 3.88. The van der Waals surface area contributed by atoms with E-state index in [-0.39, 0.29) is 0 Å². The van der Waals surface area contributed by atoms with Crippen molar-refractivity contribution in [3.63, 3.8) is 0 Å². The first-order valence-corrected chi connectivity index (χ1v) is 7.10. The Bertz CT molecular complexity index is 618. The number of ether oxygens (including phenoxy) is 1. The van der Waals surface area contributed by atoms with Crippen LogP contribution in [0.2, 0.25) is 0 Å². The number of aryl methyl sites for hydroxylation is 1. The number of fused-ring (bicyclic) bond motifs is 1. The molecule has 0 spiro atoms. The molecule has 2 aromatic rings. The average Bonchev–Trinajstić information content (AvgIpc) is 2.88. The lowest BCUT2D eigenvalue weighted by Gasteiger charge is -2.34. The van der Waals surface area contributed by atoms with Gasteiger partial charge in [-0.05, 0) is 0 Å². The zero-order chi connectivity index (χ0) is 14.8. The second-order valence-electron chi connectivity index (χ2n) is 5.24. The van der Waals surface area contributed by atoms with E-state index in [4.69, 9.17) is 10.5 Å². The van der Waals surface area contributed by atoms with Crippen LogP contribution in [0.3, 0.4) is 0 Å². The number of nitrogens with zero attached hydrogens (tertiary/aromatic N) is 6. The second-order valence-corrected chi connectivity index (χ2v) is 5.24. The van der Waals surface area contributed by atoms with Crippen LogP contribution in [0.4, 0.5) is 11.8 Å². The molecule has 2 aromatic heterocycles. The lowest BCUT2D eigenvalue weighted by atomic mass is 10.3. The van der Waals surface area contributed by atoms with Crippen molar-refractivity contribution in [3.05, 3.63) is 6.20 Å². The van der Waals surface area contributed by atoms with Gasteiger partial charge in [-0.1, -0.05) is 0 Å². The van der Waals surface area contributed by atoms with Gasteiger partial charge in [0, 0.05) is 46.9 Å². The van der Waals surface area contributed by atoms with Crippen LogP contribution in [-0.2, 0) is 11.8 Å². The largest absolute Gasteiger partial charge is 0.383 e. The van der Waals surface area contributed by atoms with Crippen LogP contribution in [0.15, 0.2) is 6.20 Å². The second kappa shape index (κ2) is 5.82. The average molecular weight is 291 g/mol. The van der Waals surface area contributed by atoms with Gasteiger partial charge in [0.15, 0.2) is 5.65 Å².